The molecule has 0 bridgehead atoms. The van der Waals surface area contributed by atoms with Crippen LogP contribution in [0.5, 0.6) is 0 Å². The van der Waals surface area contributed by atoms with Gasteiger partial charge in [-0.3, -0.25) is 4.79 Å². The number of benzene rings is 1. The first-order valence-electron chi connectivity index (χ1n) is 5.50. The summed E-state index contributed by atoms with van der Waals surface area (Å²) in [6, 6.07) is 3.59. The Balaban J connectivity index is 2.06. The molecule has 0 saturated heterocycles. The molecule has 1 aliphatic heterocycles. The Morgan fingerprint density at radius 3 is 3.00 bits per heavy atom. The van der Waals surface area contributed by atoms with Gasteiger partial charge in [0.1, 0.15) is 0 Å². The topological polar surface area (TPSA) is 38.3 Å². The van der Waals surface area contributed by atoms with Gasteiger partial charge in [-0.2, -0.15) is 0 Å². The van der Waals surface area contributed by atoms with Crippen molar-refractivity contribution in [1.29, 1.82) is 0 Å². The van der Waals surface area contributed by atoms with Crippen LogP contribution in [-0.2, 0) is 16.0 Å². The molecule has 92 valence electrons. The summed E-state index contributed by atoms with van der Waals surface area (Å²) >= 11 is 12.0. The van der Waals surface area contributed by atoms with Crippen molar-refractivity contribution in [2.45, 2.75) is 25.8 Å². The van der Waals surface area contributed by atoms with Gasteiger partial charge in [0.25, 0.3) is 0 Å². The van der Waals surface area contributed by atoms with E-state index in [0.29, 0.717) is 23.1 Å². The van der Waals surface area contributed by atoms with Gasteiger partial charge in [0.15, 0.2) is 0 Å². The predicted octanol–water partition coefficient (Wildman–Crippen LogP) is 3.28. The van der Waals surface area contributed by atoms with Crippen LogP contribution in [0.15, 0.2) is 12.1 Å². The first kappa shape index (κ1) is 12.5. The molecular formula is C12H13Cl2NO2. The van der Waals surface area contributed by atoms with Gasteiger partial charge in [0, 0.05) is 21.8 Å². The van der Waals surface area contributed by atoms with E-state index in [-0.39, 0.29) is 12.0 Å². The maximum atomic E-state index is 11.4. The van der Waals surface area contributed by atoms with Gasteiger partial charge in [0.2, 0.25) is 0 Å². The van der Waals surface area contributed by atoms with Crippen LogP contribution < -0.4 is 5.32 Å². The summed E-state index contributed by atoms with van der Waals surface area (Å²) in [7, 11) is 0. The van der Waals surface area contributed by atoms with Crippen molar-refractivity contribution in [3.63, 3.8) is 0 Å². The number of fused-ring (bicyclic) bond motifs is 1. The average molecular weight is 274 g/mol. The molecule has 3 nitrogen and oxygen atoms in total. The Morgan fingerprint density at radius 1 is 1.53 bits per heavy atom. The van der Waals surface area contributed by atoms with E-state index in [1.165, 1.54) is 0 Å². The predicted molar refractivity (Wildman–Crippen MR) is 68.8 cm³/mol. The number of rotatable bonds is 3. The molecule has 17 heavy (non-hydrogen) atoms. The number of hydrogen-bond acceptors (Lipinski definition) is 3. The standard InChI is InChI=1S/C12H13Cl2NO2/c1-2-17-12(16)6-8-5-9-10(14)3-7(13)4-11(9)15-8/h3-4,8,15H,2,5-6H2,1H3/t8-/m0/s1. The van der Waals surface area contributed by atoms with Gasteiger partial charge in [-0.15, -0.1) is 0 Å². The second kappa shape index (κ2) is 5.15. The van der Waals surface area contributed by atoms with Gasteiger partial charge >= 0.3 is 5.97 Å². The molecule has 1 aliphatic rings. The zero-order valence-electron chi connectivity index (χ0n) is 9.43. The lowest BCUT2D eigenvalue weighted by Crippen LogP contribution is -2.21. The fourth-order valence-corrected chi connectivity index (χ4v) is 2.57. The minimum atomic E-state index is -0.194. The van der Waals surface area contributed by atoms with Gasteiger partial charge in [-0.05, 0) is 31.0 Å². The third kappa shape index (κ3) is 2.85. The minimum Gasteiger partial charge on any atom is -0.466 e. The van der Waals surface area contributed by atoms with E-state index in [4.69, 9.17) is 27.9 Å². The maximum absolute atomic E-state index is 11.4. The Kier molecular flexibility index (Phi) is 3.79. The van der Waals surface area contributed by atoms with Crippen LogP contribution in [0.1, 0.15) is 18.9 Å². The van der Waals surface area contributed by atoms with Crippen LogP contribution in [0.3, 0.4) is 0 Å². The van der Waals surface area contributed by atoms with E-state index in [0.717, 1.165) is 17.7 Å². The molecule has 0 amide bonds. The normalized spacial score (nSPS) is 17.5. The smallest absolute Gasteiger partial charge is 0.307 e. The molecule has 0 radical (unpaired) electrons. The van der Waals surface area contributed by atoms with Crippen LogP contribution in [0.2, 0.25) is 10.0 Å². The number of ether oxygens (including phenoxy) is 1. The van der Waals surface area contributed by atoms with Crippen molar-refractivity contribution in [1.82, 2.24) is 0 Å². The molecular weight excluding hydrogens is 261 g/mol. The number of halogens is 2. The van der Waals surface area contributed by atoms with Crippen molar-refractivity contribution in [2.75, 3.05) is 11.9 Å². The summed E-state index contributed by atoms with van der Waals surface area (Å²) in [4.78, 5) is 11.4. The SMILES string of the molecule is CCOC(=O)C[C@@H]1Cc2c(Cl)cc(Cl)cc2N1. The third-order valence-electron chi connectivity index (χ3n) is 2.69. The Hall–Kier alpha value is -0.930. The highest BCUT2D eigenvalue weighted by molar-refractivity contribution is 6.35. The highest BCUT2D eigenvalue weighted by Crippen LogP contribution is 2.35. The molecule has 1 heterocycles. The van der Waals surface area contributed by atoms with Crippen LogP contribution in [0.25, 0.3) is 0 Å². The molecule has 0 fully saturated rings. The third-order valence-corrected chi connectivity index (χ3v) is 3.24. The minimum absolute atomic E-state index is 0.0417. The fourth-order valence-electron chi connectivity index (χ4n) is 2.00. The van der Waals surface area contributed by atoms with E-state index >= 15 is 0 Å². The number of hydrogen-bond donors (Lipinski definition) is 1. The average Bonchev–Trinajstić information content (AvgIpc) is 2.60. The van der Waals surface area contributed by atoms with E-state index in [9.17, 15) is 4.79 Å². The number of carbonyl (C=O) groups is 1. The highest BCUT2D eigenvalue weighted by Gasteiger charge is 2.25. The van der Waals surface area contributed by atoms with Crippen LogP contribution in [-0.4, -0.2) is 18.6 Å². The second-order valence-electron chi connectivity index (χ2n) is 3.97. The van der Waals surface area contributed by atoms with Gasteiger partial charge in [0.05, 0.1) is 13.0 Å². The summed E-state index contributed by atoms with van der Waals surface area (Å²) in [6.45, 7) is 2.20. The lowest BCUT2D eigenvalue weighted by atomic mass is 10.1. The molecule has 0 saturated carbocycles. The Morgan fingerprint density at radius 2 is 2.29 bits per heavy atom. The molecule has 5 heteroatoms. The summed E-state index contributed by atoms with van der Waals surface area (Å²) < 4.78 is 4.92. The second-order valence-corrected chi connectivity index (χ2v) is 4.81. The molecule has 1 atom stereocenters. The first-order valence-corrected chi connectivity index (χ1v) is 6.25. The number of esters is 1. The molecule has 1 aromatic rings. The number of anilines is 1. The summed E-state index contributed by atoms with van der Waals surface area (Å²) in [6.07, 6.45) is 1.07. The van der Waals surface area contributed by atoms with E-state index < -0.39 is 0 Å². The van der Waals surface area contributed by atoms with Crippen molar-refractivity contribution >= 4 is 34.9 Å². The summed E-state index contributed by atoms with van der Waals surface area (Å²) in [5.41, 5.74) is 1.93. The largest absolute Gasteiger partial charge is 0.466 e. The fraction of sp³-hybridized carbons (Fsp3) is 0.417. The van der Waals surface area contributed by atoms with Gasteiger partial charge < -0.3 is 10.1 Å². The monoisotopic (exact) mass is 273 g/mol. The van der Waals surface area contributed by atoms with Gasteiger partial charge in [-0.25, -0.2) is 0 Å². The van der Waals surface area contributed by atoms with Gasteiger partial charge in [-0.1, -0.05) is 23.2 Å². The Bertz CT molecular complexity index is 448. The molecule has 1 N–H and O–H groups in total. The lowest BCUT2D eigenvalue weighted by Gasteiger charge is -2.09. The van der Waals surface area contributed by atoms with Crippen molar-refractivity contribution in [3.8, 4) is 0 Å². The van der Waals surface area contributed by atoms with Crippen molar-refractivity contribution in [2.24, 2.45) is 0 Å². The number of carbonyl (C=O) groups excluding carboxylic acids is 1. The van der Waals surface area contributed by atoms with Crippen LogP contribution >= 0.6 is 23.2 Å². The summed E-state index contributed by atoms with van der Waals surface area (Å²) in [5.74, 6) is -0.194. The quantitative estimate of drug-likeness (QED) is 0.859. The lowest BCUT2D eigenvalue weighted by molar-refractivity contribution is -0.143. The molecule has 2 rings (SSSR count). The molecule has 0 spiro atoms. The first-order chi connectivity index (χ1) is 8.10. The Labute approximate surface area is 110 Å². The van der Waals surface area contributed by atoms with Crippen molar-refractivity contribution < 1.29 is 9.53 Å². The molecule has 1 aromatic carbocycles. The molecule has 0 aromatic heterocycles. The zero-order valence-corrected chi connectivity index (χ0v) is 10.9. The highest BCUT2D eigenvalue weighted by atomic mass is 35.5. The van der Waals surface area contributed by atoms with Crippen LogP contribution in [0.4, 0.5) is 5.69 Å². The zero-order chi connectivity index (χ0) is 12.4. The van der Waals surface area contributed by atoms with E-state index in [2.05, 4.69) is 5.32 Å². The summed E-state index contributed by atoms with van der Waals surface area (Å²) in [5, 5.41) is 4.48. The van der Waals surface area contributed by atoms with Crippen LogP contribution in [0, 0.1) is 0 Å². The van der Waals surface area contributed by atoms with E-state index in [1.54, 1.807) is 13.0 Å². The molecule has 0 unspecified atom stereocenters. The number of nitrogens with one attached hydrogen (secondary N) is 1. The molecule has 0 aliphatic carbocycles. The van der Waals surface area contributed by atoms with Crippen molar-refractivity contribution in [3.05, 3.63) is 27.7 Å². The maximum Gasteiger partial charge on any atom is 0.307 e. The van der Waals surface area contributed by atoms with E-state index in [1.807, 2.05) is 6.07 Å².